The van der Waals surface area contributed by atoms with Crippen LogP contribution in [0.4, 0.5) is 4.79 Å². The summed E-state index contributed by atoms with van der Waals surface area (Å²) in [4.78, 5) is 36.4. The number of aliphatic hydroxyl groups is 1. The Labute approximate surface area is 344 Å². The van der Waals surface area contributed by atoms with Crippen LogP contribution in [0.2, 0.25) is 36.3 Å². The second kappa shape index (κ2) is 23.9. The molecular formula is C45H83NO8Si2. The molecule has 0 bridgehead atoms. The number of hydrogen-bond donors (Lipinski definition) is 2. The van der Waals surface area contributed by atoms with Crippen LogP contribution in [0.1, 0.15) is 122 Å². The van der Waals surface area contributed by atoms with E-state index in [0.29, 0.717) is 13.0 Å². The zero-order chi connectivity index (χ0) is 43.8. The number of ether oxygens (including phenoxy) is 2. The van der Waals surface area contributed by atoms with Gasteiger partial charge in [0.05, 0.1) is 24.9 Å². The largest absolute Gasteiger partial charge is 0.466 e. The second-order valence-corrected chi connectivity index (χ2v) is 28.7. The Morgan fingerprint density at radius 2 is 1.29 bits per heavy atom. The van der Waals surface area contributed by atoms with Gasteiger partial charge in [0.2, 0.25) is 0 Å². The first kappa shape index (κ1) is 53.7. The molecule has 9 atom stereocenters. The van der Waals surface area contributed by atoms with Crippen molar-refractivity contribution >= 4 is 34.5 Å². The van der Waals surface area contributed by atoms with E-state index in [4.69, 9.17) is 24.1 Å². The van der Waals surface area contributed by atoms with E-state index in [9.17, 15) is 19.5 Å². The molecule has 0 aromatic rings. The highest BCUT2D eigenvalue weighted by atomic mass is 28.4. The summed E-state index contributed by atoms with van der Waals surface area (Å²) in [5, 5.41) is 10.7. The molecule has 0 unspecified atom stereocenters. The molecule has 0 heterocycles. The van der Waals surface area contributed by atoms with Crippen molar-refractivity contribution in [1.29, 1.82) is 0 Å². The number of primary amides is 1. The Morgan fingerprint density at radius 3 is 1.77 bits per heavy atom. The van der Waals surface area contributed by atoms with Crippen molar-refractivity contribution in [3.8, 4) is 0 Å². The number of amides is 1. The lowest BCUT2D eigenvalue weighted by Crippen LogP contribution is -2.50. The van der Waals surface area contributed by atoms with Crippen LogP contribution in [0.15, 0.2) is 48.6 Å². The van der Waals surface area contributed by atoms with Crippen molar-refractivity contribution in [2.24, 2.45) is 35.3 Å². The standard InChI is InChI=1S/C45H83NO8Si2/c1-19-21-23-32(4)41(52-43(46)50)36(8)42(54-56(17,18)45(12,13)14)35(7)29-31(3)28-34(6)40(53-55(15,16)44(9,10)11)33(5)26-27-38(48)30-37(47)24-22-25-39(49)51-20-2/h19,21,23,26-28,32-36,38,40-42,48H,1,20,22,24-25,29-30H2,2-18H3,(H2,46,50)/b23-21-,27-26-,31-28-/t32-,33-,34-,35-,36+,38+,40-,41-,42+/m0/s1. The summed E-state index contributed by atoms with van der Waals surface area (Å²) in [6.07, 6.45) is 10.5. The Kier molecular flexibility index (Phi) is 22.9. The molecule has 0 spiro atoms. The van der Waals surface area contributed by atoms with Gasteiger partial charge in [0.25, 0.3) is 0 Å². The molecule has 1 amide bonds. The van der Waals surface area contributed by atoms with Gasteiger partial charge in [0.15, 0.2) is 16.6 Å². The fraction of sp³-hybridized carbons (Fsp3) is 0.756. The lowest BCUT2D eigenvalue weighted by molar-refractivity contribution is -0.143. The van der Waals surface area contributed by atoms with Gasteiger partial charge in [0.1, 0.15) is 11.9 Å². The fourth-order valence-electron chi connectivity index (χ4n) is 6.56. The second-order valence-electron chi connectivity index (χ2n) is 19.2. The summed E-state index contributed by atoms with van der Waals surface area (Å²) >= 11 is 0. The summed E-state index contributed by atoms with van der Waals surface area (Å²) in [6, 6.07) is 0. The number of hydrogen-bond acceptors (Lipinski definition) is 8. The van der Waals surface area contributed by atoms with Crippen molar-refractivity contribution in [1.82, 2.24) is 0 Å². The smallest absolute Gasteiger partial charge is 0.404 e. The van der Waals surface area contributed by atoms with Crippen molar-refractivity contribution < 1.29 is 37.8 Å². The maximum atomic E-state index is 12.5. The number of rotatable bonds is 25. The van der Waals surface area contributed by atoms with Gasteiger partial charge in [-0.3, -0.25) is 9.59 Å². The zero-order valence-electron chi connectivity index (χ0n) is 38.5. The molecule has 0 saturated carbocycles. The molecule has 324 valence electrons. The van der Waals surface area contributed by atoms with E-state index in [1.165, 1.54) is 5.57 Å². The molecule has 0 aliphatic carbocycles. The monoisotopic (exact) mass is 822 g/mol. The Balaban J connectivity index is 6.54. The Hall–Kier alpha value is -2.32. The summed E-state index contributed by atoms with van der Waals surface area (Å²) in [5.74, 6) is -0.605. The van der Waals surface area contributed by atoms with Crippen LogP contribution in [0.3, 0.4) is 0 Å². The third kappa shape index (κ3) is 19.0. The summed E-state index contributed by atoms with van der Waals surface area (Å²) in [5.41, 5.74) is 6.83. The number of allylic oxidation sites excluding steroid dienone is 3. The van der Waals surface area contributed by atoms with E-state index in [2.05, 4.69) is 115 Å². The van der Waals surface area contributed by atoms with E-state index in [0.717, 1.165) is 6.42 Å². The third-order valence-corrected chi connectivity index (χ3v) is 20.8. The predicted octanol–water partition coefficient (Wildman–Crippen LogP) is 11.1. The average molecular weight is 822 g/mol. The fourth-order valence-corrected chi connectivity index (χ4v) is 9.51. The topological polar surface area (TPSA) is 134 Å². The summed E-state index contributed by atoms with van der Waals surface area (Å²) < 4.78 is 25.1. The molecule has 56 heavy (non-hydrogen) atoms. The van der Waals surface area contributed by atoms with Crippen LogP contribution < -0.4 is 5.73 Å². The Bertz CT molecular complexity index is 1330. The zero-order valence-corrected chi connectivity index (χ0v) is 40.5. The van der Waals surface area contributed by atoms with Gasteiger partial charge < -0.3 is 29.2 Å². The van der Waals surface area contributed by atoms with Crippen LogP contribution in [0.25, 0.3) is 0 Å². The third-order valence-electron chi connectivity index (χ3n) is 11.8. The van der Waals surface area contributed by atoms with Gasteiger partial charge in [-0.05, 0) is 80.7 Å². The van der Waals surface area contributed by atoms with Gasteiger partial charge in [-0.25, -0.2) is 4.79 Å². The minimum absolute atomic E-state index is 0.00253. The highest BCUT2D eigenvalue weighted by Crippen LogP contribution is 2.42. The van der Waals surface area contributed by atoms with Crippen LogP contribution in [0, 0.1) is 29.6 Å². The number of carbonyl (C=O) groups is 3. The predicted molar refractivity (Wildman–Crippen MR) is 237 cm³/mol. The van der Waals surface area contributed by atoms with E-state index >= 15 is 0 Å². The number of esters is 1. The highest BCUT2D eigenvalue weighted by Gasteiger charge is 2.44. The molecule has 3 N–H and O–H groups in total. The SMILES string of the molecule is C=C/C=C\[C@H](C)[C@H](OC(N)=O)[C@@H](C)[C@H](O[Si](C)(C)C(C)(C)C)[C@@H](C)C/C(C)=C\[C@H](C)[C@@H](O[Si](C)(C)C(C)(C)C)[C@@H](C)/C=C\[C@@H](O)CC(=O)CCCC(=O)OCC. The maximum Gasteiger partial charge on any atom is 0.404 e. The van der Waals surface area contributed by atoms with Crippen molar-refractivity contribution in [3.63, 3.8) is 0 Å². The van der Waals surface area contributed by atoms with E-state index in [1.807, 2.05) is 25.2 Å². The highest BCUT2D eigenvalue weighted by molar-refractivity contribution is 6.74. The molecule has 0 fully saturated rings. The van der Waals surface area contributed by atoms with Gasteiger partial charge >= 0.3 is 12.1 Å². The van der Waals surface area contributed by atoms with Crippen LogP contribution in [-0.2, 0) is 27.9 Å². The lowest BCUT2D eigenvalue weighted by Gasteiger charge is -2.45. The van der Waals surface area contributed by atoms with Gasteiger partial charge in [-0.1, -0.05) is 125 Å². The van der Waals surface area contributed by atoms with E-state index in [1.54, 1.807) is 19.1 Å². The maximum absolute atomic E-state index is 12.5. The lowest BCUT2D eigenvalue weighted by atomic mass is 9.81. The average Bonchev–Trinajstić information content (AvgIpc) is 3.04. The Morgan fingerprint density at radius 1 is 0.768 bits per heavy atom. The minimum Gasteiger partial charge on any atom is -0.466 e. The molecule has 0 aromatic heterocycles. The number of Topliss-reactive ketones (excluding diaryl/α,β-unsaturated/α-hetero) is 1. The molecule has 0 saturated heterocycles. The molecule has 9 nitrogen and oxygen atoms in total. The number of nitrogens with two attached hydrogens (primary N) is 1. The summed E-state index contributed by atoms with van der Waals surface area (Å²) in [7, 11) is -4.46. The molecule has 11 heteroatoms. The van der Waals surface area contributed by atoms with Crippen molar-refractivity contribution in [2.45, 2.75) is 183 Å². The first-order valence-corrected chi connectivity index (χ1v) is 26.6. The molecule has 0 radical (unpaired) electrons. The van der Waals surface area contributed by atoms with E-state index in [-0.39, 0.29) is 82.9 Å². The van der Waals surface area contributed by atoms with E-state index < -0.39 is 34.9 Å². The van der Waals surface area contributed by atoms with Crippen LogP contribution in [-0.4, -0.2) is 70.6 Å². The van der Waals surface area contributed by atoms with Gasteiger partial charge in [-0.15, -0.1) is 0 Å². The number of aliphatic hydroxyl groups excluding tert-OH is 1. The normalized spacial score (nSPS) is 18.4. The first-order valence-electron chi connectivity index (χ1n) is 20.8. The molecule has 0 rings (SSSR count). The molecule has 0 aromatic carbocycles. The van der Waals surface area contributed by atoms with Crippen LogP contribution >= 0.6 is 0 Å². The molecular weight excluding hydrogens is 739 g/mol. The summed E-state index contributed by atoms with van der Waals surface area (Å²) in [6.45, 7) is 41.1. The molecule has 0 aliphatic rings. The van der Waals surface area contributed by atoms with Gasteiger partial charge in [0, 0.05) is 31.1 Å². The van der Waals surface area contributed by atoms with Gasteiger partial charge in [-0.2, -0.15) is 0 Å². The van der Waals surface area contributed by atoms with Crippen molar-refractivity contribution in [2.75, 3.05) is 6.61 Å². The number of carbonyl (C=O) groups excluding carboxylic acids is 3. The molecule has 0 aliphatic heterocycles. The van der Waals surface area contributed by atoms with Crippen LogP contribution in [0.5, 0.6) is 0 Å². The number of ketones is 1. The minimum atomic E-state index is -2.25. The quantitative estimate of drug-likeness (QED) is 0.0402. The first-order chi connectivity index (χ1) is 25.5. The van der Waals surface area contributed by atoms with Crippen molar-refractivity contribution in [3.05, 3.63) is 48.6 Å².